The van der Waals surface area contributed by atoms with Crippen LogP contribution in [-0.2, 0) is 6.54 Å². The molecule has 0 bridgehead atoms. The summed E-state index contributed by atoms with van der Waals surface area (Å²) in [6.07, 6.45) is 0.884. The van der Waals surface area contributed by atoms with Crippen molar-refractivity contribution in [2.75, 3.05) is 11.9 Å². The van der Waals surface area contributed by atoms with Crippen molar-refractivity contribution < 1.29 is 4.39 Å². The second kappa shape index (κ2) is 5.71. The molecule has 7 heteroatoms. The molecule has 0 atom stereocenters. The molecule has 0 aliphatic rings. The van der Waals surface area contributed by atoms with Gasteiger partial charge in [0.2, 0.25) is 5.82 Å². The third-order valence-corrected chi connectivity index (χ3v) is 2.84. The number of anilines is 1. The minimum atomic E-state index is -1.01. The molecule has 0 saturated heterocycles. The van der Waals surface area contributed by atoms with Gasteiger partial charge in [-0.05, 0) is 12.1 Å². The summed E-state index contributed by atoms with van der Waals surface area (Å²) in [5.41, 5.74) is -0.935. The molecule has 0 saturated carbocycles. The van der Waals surface area contributed by atoms with Gasteiger partial charge in [-0.3, -0.25) is 14.3 Å². The second-order valence-corrected chi connectivity index (χ2v) is 4.24. The zero-order valence-corrected chi connectivity index (χ0v) is 10.6. The molecule has 1 aromatic carbocycles. The Morgan fingerprint density at radius 3 is 2.79 bits per heavy atom. The molecular formula is C12H11ClFN3O2. The summed E-state index contributed by atoms with van der Waals surface area (Å²) >= 11 is 5.94. The van der Waals surface area contributed by atoms with Crippen LogP contribution in [0.25, 0.3) is 0 Å². The molecule has 0 fully saturated rings. The first-order valence-electron chi connectivity index (χ1n) is 5.55. The molecule has 0 radical (unpaired) electrons. The zero-order valence-electron chi connectivity index (χ0n) is 9.82. The fourth-order valence-corrected chi connectivity index (χ4v) is 1.77. The van der Waals surface area contributed by atoms with Gasteiger partial charge >= 0.3 is 5.69 Å². The maximum atomic E-state index is 13.0. The van der Waals surface area contributed by atoms with Crippen LogP contribution >= 0.6 is 11.6 Å². The van der Waals surface area contributed by atoms with Crippen molar-refractivity contribution in [2.45, 2.75) is 6.54 Å². The van der Waals surface area contributed by atoms with Crippen molar-refractivity contribution in [3.05, 3.63) is 62.1 Å². The number of aromatic nitrogens is 2. The first kappa shape index (κ1) is 13.4. The number of nitrogens with zero attached hydrogens (tertiary/aromatic N) is 1. The largest absolute Gasteiger partial charge is 0.382 e. The summed E-state index contributed by atoms with van der Waals surface area (Å²) in [5, 5.41) is 3.57. The van der Waals surface area contributed by atoms with Crippen molar-refractivity contribution in [1.82, 2.24) is 9.55 Å². The topological polar surface area (TPSA) is 66.9 Å². The Bertz CT molecular complexity index is 696. The number of aromatic amines is 1. The highest BCUT2D eigenvalue weighted by Gasteiger charge is 2.03. The fraction of sp³-hybridized carbons (Fsp3) is 0.167. The molecule has 0 spiro atoms. The van der Waals surface area contributed by atoms with Gasteiger partial charge < -0.3 is 5.32 Å². The van der Waals surface area contributed by atoms with Crippen LogP contribution in [0.1, 0.15) is 0 Å². The molecule has 0 aliphatic heterocycles. The SMILES string of the molecule is O=c1[nH]c(=O)n(CCNc2ccccc2Cl)cc1F. The molecule has 19 heavy (non-hydrogen) atoms. The van der Waals surface area contributed by atoms with Crippen LogP contribution in [0, 0.1) is 5.82 Å². The monoisotopic (exact) mass is 283 g/mol. The standard InChI is InChI=1S/C12H11ClFN3O2/c13-8-3-1-2-4-10(8)15-5-6-17-7-9(14)11(18)16-12(17)19/h1-4,7,15H,5-6H2,(H,16,18,19). The van der Waals surface area contributed by atoms with Gasteiger partial charge in [-0.1, -0.05) is 23.7 Å². The van der Waals surface area contributed by atoms with Crippen molar-refractivity contribution in [3.8, 4) is 0 Å². The highest BCUT2D eigenvalue weighted by atomic mass is 35.5. The van der Waals surface area contributed by atoms with Crippen molar-refractivity contribution in [1.29, 1.82) is 0 Å². The Kier molecular flexibility index (Phi) is 4.01. The normalized spacial score (nSPS) is 10.4. The lowest BCUT2D eigenvalue weighted by atomic mass is 10.3. The molecule has 5 nitrogen and oxygen atoms in total. The van der Waals surface area contributed by atoms with E-state index >= 15 is 0 Å². The van der Waals surface area contributed by atoms with E-state index in [-0.39, 0.29) is 6.54 Å². The maximum Gasteiger partial charge on any atom is 0.328 e. The summed E-state index contributed by atoms with van der Waals surface area (Å²) in [6.45, 7) is 0.576. The number of halogens is 2. The highest BCUT2D eigenvalue weighted by molar-refractivity contribution is 6.33. The summed E-state index contributed by atoms with van der Waals surface area (Å²) in [4.78, 5) is 24.1. The molecule has 100 valence electrons. The molecule has 0 amide bonds. The number of rotatable bonds is 4. The van der Waals surface area contributed by atoms with Gasteiger partial charge in [-0.25, -0.2) is 4.79 Å². The van der Waals surface area contributed by atoms with Gasteiger partial charge in [-0.2, -0.15) is 4.39 Å². The van der Waals surface area contributed by atoms with E-state index in [0.29, 0.717) is 11.6 Å². The summed E-state index contributed by atoms with van der Waals surface area (Å²) in [6, 6.07) is 7.14. The number of benzene rings is 1. The lowest BCUT2D eigenvalue weighted by Gasteiger charge is -2.09. The lowest BCUT2D eigenvalue weighted by molar-refractivity contribution is 0.556. The predicted molar refractivity (Wildman–Crippen MR) is 71.2 cm³/mol. The van der Waals surface area contributed by atoms with Crippen LogP contribution in [0.2, 0.25) is 5.02 Å². The van der Waals surface area contributed by atoms with Crippen molar-refractivity contribution in [3.63, 3.8) is 0 Å². The van der Waals surface area contributed by atoms with Gasteiger partial charge in [0, 0.05) is 13.1 Å². The average Bonchev–Trinajstić information content (AvgIpc) is 2.38. The van der Waals surface area contributed by atoms with Gasteiger partial charge in [0.15, 0.2) is 0 Å². The summed E-state index contributed by atoms with van der Waals surface area (Å²) in [5.74, 6) is -0.989. The van der Waals surface area contributed by atoms with E-state index in [1.807, 2.05) is 11.1 Å². The quantitative estimate of drug-likeness (QED) is 0.892. The average molecular weight is 284 g/mol. The number of para-hydroxylation sites is 1. The summed E-state index contributed by atoms with van der Waals surface area (Å²) in [7, 11) is 0. The molecule has 1 heterocycles. The second-order valence-electron chi connectivity index (χ2n) is 3.84. The Morgan fingerprint density at radius 1 is 1.32 bits per heavy atom. The van der Waals surface area contributed by atoms with E-state index in [1.54, 1.807) is 18.2 Å². The minimum absolute atomic E-state index is 0.206. The number of H-pyrrole nitrogens is 1. The predicted octanol–water partition coefficient (Wildman–Crippen LogP) is 1.44. The molecule has 2 rings (SSSR count). The lowest BCUT2D eigenvalue weighted by Crippen LogP contribution is -2.32. The smallest absolute Gasteiger partial charge is 0.328 e. The van der Waals surface area contributed by atoms with Gasteiger partial charge in [0.25, 0.3) is 5.56 Å². The number of hydrogen-bond donors (Lipinski definition) is 2. The van der Waals surface area contributed by atoms with E-state index < -0.39 is 17.1 Å². The Hall–Kier alpha value is -2.08. The molecule has 0 unspecified atom stereocenters. The van der Waals surface area contributed by atoms with E-state index in [1.165, 1.54) is 0 Å². The van der Waals surface area contributed by atoms with E-state index in [4.69, 9.17) is 11.6 Å². The first-order valence-corrected chi connectivity index (χ1v) is 5.93. The Morgan fingerprint density at radius 2 is 2.05 bits per heavy atom. The van der Waals surface area contributed by atoms with Crippen LogP contribution in [0.15, 0.2) is 40.1 Å². The zero-order chi connectivity index (χ0) is 13.8. The number of hydrogen-bond acceptors (Lipinski definition) is 3. The Balaban J connectivity index is 2.04. The van der Waals surface area contributed by atoms with E-state index in [2.05, 4.69) is 5.32 Å². The van der Waals surface area contributed by atoms with Gasteiger partial charge in [-0.15, -0.1) is 0 Å². The molecule has 2 aromatic rings. The summed E-state index contributed by atoms with van der Waals surface area (Å²) < 4.78 is 14.1. The van der Waals surface area contributed by atoms with Crippen LogP contribution in [0.4, 0.5) is 10.1 Å². The maximum absolute atomic E-state index is 13.0. The Labute approximate surface area is 112 Å². The minimum Gasteiger partial charge on any atom is -0.382 e. The van der Waals surface area contributed by atoms with Crippen LogP contribution in [0.5, 0.6) is 0 Å². The number of nitrogens with one attached hydrogen (secondary N) is 2. The third kappa shape index (κ3) is 3.23. The van der Waals surface area contributed by atoms with Crippen molar-refractivity contribution >= 4 is 17.3 Å². The molecule has 2 N–H and O–H groups in total. The van der Waals surface area contributed by atoms with E-state index in [9.17, 15) is 14.0 Å². The van der Waals surface area contributed by atoms with Gasteiger partial charge in [0.05, 0.1) is 16.9 Å². The highest BCUT2D eigenvalue weighted by Crippen LogP contribution is 2.19. The molecule has 1 aromatic heterocycles. The molecular weight excluding hydrogens is 273 g/mol. The third-order valence-electron chi connectivity index (χ3n) is 2.51. The van der Waals surface area contributed by atoms with Gasteiger partial charge in [0.1, 0.15) is 0 Å². The van der Waals surface area contributed by atoms with Crippen LogP contribution in [-0.4, -0.2) is 16.1 Å². The van der Waals surface area contributed by atoms with Crippen molar-refractivity contribution in [2.24, 2.45) is 0 Å². The van der Waals surface area contributed by atoms with Crippen LogP contribution < -0.4 is 16.6 Å². The molecule has 0 aliphatic carbocycles. The van der Waals surface area contributed by atoms with E-state index in [0.717, 1.165) is 16.5 Å². The fourth-order valence-electron chi connectivity index (χ4n) is 1.56. The van der Waals surface area contributed by atoms with Crippen LogP contribution in [0.3, 0.4) is 0 Å². The first-order chi connectivity index (χ1) is 9.08.